The molecule has 0 amide bonds. The topological polar surface area (TPSA) is 105 Å². The molecule has 0 unspecified atom stereocenters. The molecule has 0 atom stereocenters. The minimum Gasteiger partial charge on any atom is -0.457 e. The summed E-state index contributed by atoms with van der Waals surface area (Å²) in [5, 5.41) is 22.5. The average molecular weight is 625 g/mol. The van der Waals surface area contributed by atoms with Crippen LogP contribution in [0.3, 0.4) is 0 Å². The summed E-state index contributed by atoms with van der Waals surface area (Å²) >= 11 is 0. The Morgan fingerprint density at radius 1 is 0.587 bits per heavy atom. The predicted molar refractivity (Wildman–Crippen MR) is 183 cm³/mol. The highest BCUT2D eigenvalue weighted by molar-refractivity contribution is 5.56. The van der Waals surface area contributed by atoms with Crippen LogP contribution in [0, 0.1) is 47.9 Å². The smallest absolute Gasteiger partial charge is 0.269 e. The third-order valence-corrected chi connectivity index (χ3v) is 8.28. The van der Waals surface area contributed by atoms with E-state index in [1.807, 2.05) is 13.8 Å². The van der Waals surface area contributed by atoms with Crippen LogP contribution >= 0.6 is 0 Å². The molecule has 4 aromatic rings. The van der Waals surface area contributed by atoms with Crippen LogP contribution in [0.4, 0.5) is 11.4 Å². The monoisotopic (exact) mass is 624 g/mol. The summed E-state index contributed by atoms with van der Waals surface area (Å²) in [5.41, 5.74) is 6.23. The van der Waals surface area contributed by atoms with E-state index in [4.69, 9.17) is 9.47 Å². The van der Waals surface area contributed by atoms with E-state index in [2.05, 4.69) is 45.0 Å². The molecule has 8 heteroatoms. The second-order valence-corrected chi connectivity index (χ2v) is 12.2. The number of nitro groups is 2. The lowest BCUT2D eigenvalue weighted by atomic mass is 9.82. The van der Waals surface area contributed by atoms with Gasteiger partial charge in [0.05, 0.1) is 9.85 Å². The molecule has 8 nitrogen and oxygen atoms in total. The SMILES string of the molecule is CCCCCCCCCC(c1cc(C)cc(C)c1Oc1ccc([N+](=O)[O-])cc1)c1cc(C)cc(C)c1Oc1ccc([N+](=O)[O-])cc1. The third kappa shape index (κ3) is 8.93. The number of nitro benzene ring substituents is 2. The molecule has 46 heavy (non-hydrogen) atoms. The maximum Gasteiger partial charge on any atom is 0.269 e. The van der Waals surface area contributed by atoms with Crippen LogP contribution in [-0.2, 0) is 0 Å². The average Bonchev–Trinajstić information content (AvgIpc) is 3.01. The Bertz CT molecular complexity index is 1530. The summed E-state index contributed by atoms with van der Waals surface area (Å²) in [6.45, 7) is 10.4. The van der Waals surface area contributed by atoms with Crippen molar-refractivity contribution in [2.24, 2.45) is 0 Å². The zero-order valence-electron chi connectivity index (χ0n) is 27.5. The Balaban J connectivity index is 1.78. The second-order valence-electron chi connectivity index (χ2n) is 12.2. The number of ether oxygens (including phenoxy) is 2. The van der Waals surface area contributed by atoms with Crippen molar-refractivity contribution in [3.63, 3.8) is 0 Å². The van der Waals surface area contributed by atoms with E-state index >= 15 is 0 Å². The van der Waals surface area contributed by atoms with Gasteiger partial charge in [-0.05, 0) is 69.5 Å². The molecule has 4 rings (SSSR count). The van der Waals surface area contributed by atoms with Gasteiger partial charge in [0.15, 0.2) is 0 Å². The summed E-state index contributed by atoms with van der Waals surface area (Å²) < 4.78 is 13.1. The summed E-state index contributed by atoms with van der Waals surface area (Å²) in [4.78, 5) is 21.7. The van der Waals surface area contributed by atoms with Crippen LogP contribution in [0.15, 0.2) is 72.8 Å². The van der Waals surface area contributed by atoms with Crippen LogP contribution in [0.5, 0.6) is 23.0 Å². The molecule has 0 N–H and O–H groups in total. The summed E-state index contributed by atoms with van der Waals surface area (Å²) in [6, 6.07) is 20.9. The van der Waals surface area contributed by atoms with Gasteiger partial charge in [-0.25, -0.2) is 0 Å². The molecule has 0 aliphatic rings. The zero-order valence-corrected chi connectivity index (χ0v) is 27.5. The molecule has 0 fully saturated rings. The Labute approximate surface area is 271 Å². The summed E-state index contributed by atoms with van der Waals surface area (Å²) in [7, 11) is 0. The highest BCUT2D eigenvalue weighted by atomic mass is 16.6. The lowest BCUT2D eigenvalue weighted by Crippen LogP contribution is -2.09. The van der Waals surface area contributed by atoms with Gasteiger partial charge in [-0.3, -0.25) is 20.2 Å². The molecule has 4 aromatic carbocycles. The van der Waals surface area contributed by atoms with Crippen molar-refractivity contribution in [3.8, 4) is 23.0 Å². The standard InChI is InChI=1S/C38H44N2O6/c1-6-7-8-9-10-11-12-13-34(35-24-26(2)22-28(4)37(35)45-32-18-14-30(15-19-32)39(41)42)36-25-27(3)23-29(5)38(36)46-33-20-16-31(17-21-33)40(43)44/h14-25,34H,6-13H2,1-5H3. The number of rotatable bonds is 16. The Morgan fingerprint density at radius 2 is 0.978 bits per heavy atom. The molecule has 242 valence electrons. The quantitative estimate of drug-likeness (QED) is 0.0697. The normalized spacial score (nSPS) is 11.1. The molecule has 0 bridgehead atoms. The van der Waals surface area contributed by atoms with Gasteiger partial charge in [0.25, 0.3) is 11.4 Å². The highest BCUT2D eigenvalue weighted by Gasteiger charge is 2.26. The van der Waals surface area contributed by atoms with Crippen molar-refractivity contribution in [1.29, 1.82) is 0 Å². The highest BCUT2D eigenvalue weighted by Crippen LogP contribution is 2.45. The van der Waals surface area contributed by atoms with Crippen molar-refractivity contribution in [3.05, 3.63) is 126 Å². The predicted octanol–water partition coefficient (Wildman–Crippen LogP) is 11.6. The van der Waals surface area contributed by atoms with Gasteiger partial charge in [-0.15, -0.1) is 0 Å². The first-order valence-corrected chi connectivity index (χ1v) is 16.1. The van der Waals surface area contributed by atoms with Crippen molar-refractivity contribution >= 4 is 11.4 Å². The molecular weight excluding hydrogens is 580 g/mol. The lowest BCUT2D eigenvalue weighted by Gasteiger charge is -2.26. The Kier molecular flexibility index (Phi) is 11.9. The van der Waals surface area contributed by atoms with E-state index in [1.54, 1.807) is 24.3 Å². The van der Waals surface area contributed by atoms with Crippen LogP contribution in [0.2, 0.25) is 0 Å². The maximum absolute atomic E-state index is 11.2. The first kappa shape index (κ1) is 34.2. The number of hydrogen-bond acceptors (Lipinski definition) is 6. The number of non-ortho nitro benzene ring substituents is 2. The fourth-order valence-corrected chi connectivity index (χ4v) is 6.06. The number of hydrogen-bond donors (Lipinski definition) is 0. The van der Waals surface area contributed by atoms with Gasteiger partial charge in [-0.1, -0.05) is 87.3 Å². The second kappa shape index (κ2) is 16.0. The van der Waals surface area contributed by atoms with E-state index in [0.29, 0.717) is 11.5 Å². The van der Waals surface area contributed by atoms with Gasteiger partial charge in [0.1, 0.15) is 23.0 Å². The molecular formula is C38H44N2O6. The first-order valence-electron chi connectivity index (χ1n) is 16.1. The zero-order chi connectivity index (χ0) is 33.2. The Hall–Kier alpha value is -4.72. The molecule has 0 aliphatic carbocycles. The van der Waals surface area contributed by atoms with E-state index in [0.717, 1.165) is 64.1 Å². The largest absolute Gasteiger partial charge is 0.457 e. The van der Waals surface area contributed by atoms with Gasteiger partial charge in [0.2, 0.25) is 0 Å². The minimum atomic E-state index is -0.419. The molecule has 0 aliphatic heterocycles. The lowest BCUT2D eigenvalue weighted by molar-refractivity contribution is -0.385. The van der Waals surface area contributed by atoms with Crippen LogP contribution in [0.25, 0.3) is 0 Å². The van der Waals surface area contributed by atoms with Crippen molar-refractivity contribution in [1.82, 2.24) is 0 Å². The fourth-order valence-electron chi connectivity index (χ4n) is 6.06. The molecule has 0 saturated heterocycles. The van der Waals surface area contributed by atoms with Crippen molar-refractivity contribution < 1.29 is 19.3 Å². The van der Waals surface area contributed by atoms with Crippen molar-refractivity contribution in [2.75, 3.05) is 0 Å². The van der Waals surface area contributed by atoms with E-state index in [9.17, 15) is 20.2 Å². The third-order valence-electron chi connectivity index (χ3n) is 8.28. The molecule has 0 saturated carbocycles. The molecule has 0 spiro atoms. The van der Waals surface area contributed by atoms with Crippen LogP contribution in [-0.4, -0.2) is 9.85 Å². The van der Waals surface area contributed by atoms with E-state index in [-0.39, 0.29) is 17.3 Å². The fraction of sp³-hybridized carbons (Fsp3) is 0.368. The Morgan fingerprint density at radius 3 is 1.37 bits per heavy atom. The summed E-state index contributed by atoms with van der Waals surface area (Å²) in [5.74, 6) is 2.43. The van der Waals surface area contributed by atoms with Gasteiger partial charge >= 0.3 is 0 Å². The maximum atomic E-state index is 11.2. The van der Waals surface area contributed by atoms with E-state index < -0.39 is 9.85 Å². The van der Waals surface area contributed by atoms with Gasteiger partial charge in [-0.2, -0.15) is 0 Å². The first-order chi connectivity index (χ1) is 22.1. The number of aryl methyl sites for hydroxylation is 4. The van der Waals surface area contributed by atoms with Gasteiger partial charge < -0.3 is 9.47 Å². The van der Waals surface area contributed by atoms with E-state index in [1.165, 1.54) is 56.4 Å². The molecule has 0 aromatic heterocycles. The summed E-state index contributed by atoms with van der Waals surface area (Å²) in [6.07, 6.45) is 9.16. The van der Waals surface area contributed by atoms with Gasteiger partial charge in [0, 0.05) is 41.3 Å². The number of unbranched alkanes of at least 4 members (excludes halogenated alkanes) is 6. The number of nitrogens with zero attached hydrogens (tertiary/aromatic N) is 2. The number of benzene rings is 4. The minimum absolute atomic E-state index is 0.00767. The van der Waals surface area contributed by atoms with Crippen molar-refractivity contribution in [2.45, 2.75) is 91.9 Å². The van der Waals surface area contributed by atoms with Crippen LogP contribution in [0.1, 0.15) is 97.6 Å². The molecule has 0 heterocycles. The van der Waals surface area contributed by atoms with Crippen LogP contribution < -0.4 is 9.47 Å². The molecule has 0 radical (unpaired) electrons.